The Hall–Kier alpha value is -2.70. The van der Waals surface area contributed by atoms with Gasteiger partial charge in [0.2, 0.25) is 0 Å². The molecule has 1 atom stereocenters. The molecule has 0 bridgehead atoms. The van der Waals surface area contributed by atoms with Gasteiger partial charge in [-0.1, -0.05) is 29.8 Å². The molecule has 0 aromatic heterocycles. The zero-order chi connectivity index (χ0) is 25.2. The maximum absolute atomic E-state index is 13.1. The van der Waals surface area contributed by atoms with Gasteiger partial charge in [-0.2, -0.15) is 0 Å². The van der Waals surface area contributed by atoms with Gasteiger partial charge in [-0.05, 0) is 81.3 Å². The van der Waals surface area contributed by atoms with Crippen LogP contribution in [0.2, 0.25) is 0 Å². The molecule has 0 saturated carbocycles. The third-order valence-corrected chi connectivity index (χ3v) is 6.45. The molecule has 6 nitrogen and oxygen atoms in total. The fourth-order valence-corrected chi connectivity index (χ4v) is 4.77. The summed E-state index contributed by atoms with van der Waals surface area (Å²) in [5, 5.41) is 0. The van der Waals surface area contributed by atoms with Crippen molar-refractivity contribution in [3.8, 4) is 11.1 Å². The number of esters is 2. The molecule has 1 aliphatic rings. The summed E-state index contributed by atoms with van der Waals surface area (Å²) in [5.41, 5.74) is 8.09. The first-order valence-corrected chi connectivity index (χ1v) is 11.7. The SMILES string of the molecule is COC(=O)CN1CCc2c(C)c(-c3ccc(C)cc3)c(C(OC(C)(C)C)C(=O)OC)c(C)c2C1. The Bertz CT molecular complexity index is 1070. The summed E-state index contributed by atoms with van der Waals surface area (Å²) in [6, 6.07) is 8.38. The zero-order valence-electron chi connectivity index (χ0n) is 21.7. The fourth-order valence-electron chi connectivity index (χ4n) is 4.77. The summed E-state index contributed by atoms with van der Waals surface area (Å²) in [6.07, 6.45) is -0.0532. The Labute approximate surface area is 203 Å². The van der Waals surface area contributed by atoms with Crippen LogP contribution >= 0.6 is 0 Å². The van der Waals surface area contributed by atoms with E-state index < -0.39 is 17.7 Å². The lowest BCUT2D eigenvalue weighted by Gasteiger charge is -2.35. The summed E-state index contributed by atoms with van der Waals surface area (Å²) >= 11 is 0. The van der Waals surface area contributed by atoms with Crippen LogP contribution in [0.5, 0.6) is 0 Å². The minimum absolute atomic E-state index is 0.238. The van der Waals surface area contributed by atoms with Crippen LogP contribution in [-0.4, -0.2) is 49.7 Å². The lowest BCUT2D eigenvalue weighted by atomic mass is 9.80. The zero-order valence-corrected chi connectivity index (χ0v) is 21.7. The highest BCUT2D eigenvalue weighted by molar-refractivity contribution is 5.85. The van der Waals surface area contributed by atoms with Crippen molar-refractivity contribution in [1.29, 1.82) is 0 Å². The molecule has 34 heavy (non-hydrogen) atoms. The predicted molar refractivity (Wildman–Crippen MR) is 133 cm³/mol. The molecule has 1 aliphatic heterocycles. The van der Waals surface area contributed by atoms with E-state index in [1.807, 2.05) is 20.8 Å². The summed E-state index contributed by atoms with van der Waals surface area (Å²) in [7, 11) is 2.80. The number of ether oxygens (including phenoxy) is 3. The Morgan fingerprint density at radius 1 is 0.971 bits per heavy atom. The van der Waals surface area contributed by atoms with Crippen LogP contribution < -0.4 is 0 Å². The maximum Gasteiger partial charge on any atom is 0.339 e. The van der Waals surface area contributed by atoms with Crippen molar-refractivity contribution in [2.75, 3.05) is 27.3 Å². The second kappa shape index (κ2) is 10.3. The fraction of sp³-hybridized carbons (Fsp3) is 0.500. The summed E-state index contributed by atoms with van der Waals surface area (Å²) in [5.74, 6) is -0.675. The number of nitrogens with zero attached hydrogens (tertiary/aromatic N) is 1. The van der Waals surface area contributed by atoms with E-state index in [4.69, 9.17) is 14.2 Å². The number of hydrogen-bond donors (Lipinski definition) is 0. The Balaban J connectivity index is 2.27. The van der Waals surface area contributed by atoms with Crippen LogP contribution in [0.25, 0.3) is 11.1 Å². The Morgan fingerprint density at radius 2 is 1.62 bits per heavy atom. The summed E-state index contributed by atoms with van der Waals surface area (Å²) in [4.78, 5) is 27.1. The minimum atomic E-state index is -0.874. The number of carbonyl (C=O) groups is 2. The highest BCUT2D eigenvalue weighted by atomic mass is 16.6. The van der Waals surface area contributed by atoms with Gasteiger partial charge in [0.05, 0.1) is 26.4 Å². The molecule has 0 fully saturated rings. The van der Waals surface area contributed by atoms with E-state index in [0.717, 1.165) is 46.3 Å². The van der Waals surface area contributed by atoms with E-state index in [1.54, 1.807) is 0 Å². The van der Waals surface area contributed by atoms with Crippen molar-refractivity contribution in [1.82, 2.24) is 4.90 Å². The molecule has 6 heteroatoms. The molecule has 0 radical (unpaired) electrons. The molecular formula is C28H37NO5. The van der Waals surface area contributed by atoms with Crippen molar-refractivity contribution in [3.63, 3.8) is 0 Å². The molecule has 184 valence electrons. The van der Waals surface area contributed by atoms with E-state index in [0.29, 0.717) is 6.54 Å². The number of benzene rings is 2. The van der Waals surface area contributed by atoms with Gasteiger partial charge < -0.3 is 14.2 Å². The van der Waals surface area contributed by atoms with Crippen LogP contribution in [0.1, 0.15) is 60.3 Å². The maximum atomic E-state index is 13.1. The average molecular weight is 468 g/mol. The molecule has 0 saturated heterocycles. The molecule has 1 heterocycles. The van der Waals surface area contributed by atoms with Gasteiger partial charge in [-0.15, -0.1) is 0 Å². The highest BCUT2D eigenvalue weighted by Crippen LogP contribution is 2.42. The average Bonchev–Trinajstić information content (AvgIpc) is 2.79. The van der Waals surface area contributed by atoms with Crippen LogP contribution in [-0.2, 0) is 36.8 Å². The molecule has 2 aromatic carbocycles. The first kappa shape index (κ1) is 25.9. The van der Waals surface area contributed by atoms with Gasteiger partial charge in [-0.3, -0.25) is 9.69 Å². The number of rotatable bonds is 6. The third-order valence-electron chi connectivity index (χ3n) is 6.45. The highest BCUT2D eigenvalue weighted by Gasteiger charge is 2.35. The van der Waals surface area contributed by atoms with Crippen LogP contribution in [0.15, 0.2) is 24.3 Å². The standard InChI is InChI=1S/C28H37NO5/c1-17-9-11-20(12-10-17)24-18(2)21-13-14-29(16-23(30)32-7)15-22(21)19(3)25(24)26(27(31)33-8)34-28(4,5)6/h9-12,26H,13-16H2,1-8H3. The molecule has 0 N–H and O–H groups in total. The van der Waals surface area contributed by atoms with E-state index >= 15 is 0 Å². The van der Waals surface area contributed by atoms with Crippen LogP contribution in [0.4, 0.5) is 0 Å². The lowest BCUT2D eigenvalue weighted by Crippen LogP contribution is -2.37. The van der Waals surface area contributed by atoms with E-state index in [-0.39, 0.29) is 12.5 Å². The first-order valence-electron chi connectivity index (χ1n) is 11.7. The van der Waals surface area contributed by atoms with Gasteiger partial charge in [0, 0.05) is 18.7 Å². The normalized spacial score (nSPS) is 14.9. The quantitative estimate of drug-likeness (QED) is 0.567. The molecular weight excluding hydrogens is 430 g/mol. The van der Waals surface area contributed by atoms with Gasteiger partial charge in [-0.25, -0.2) is 4.79 Å². The number of hydrogen-bond acceptors (Lipinski definition) is 6. The number of carbonyl (C=O) groups excluding carboxylic acids is 2. The molecule has 3 rings (SSSR count). The lowest BCUT2D eigenvalue weighted by molar-refractivity contribution is -0.164. The molecule has 2 aromatic rings. The second-order valence-corrected chi connectivity index (χ2v) is 10.0. The summed E-state index contributed by atoms with van der Waals surface area (Å²) < 4.78 is 16.4. The number of aryl methyl sites for hydroxylation is 1. The first-order chi connectivity index (χ1) is 16.0. The Morgan fingerprint density at radius 3 is 2.18 bits per heavy atom. The summed E-state index contributed by atoms with van der Waals surface area (Å²) in [6.45, 7) is 13.7. The smallest absolute Gasteiger partial charge is 0.339 e. The van der Waals surface area contributed by atoms with E-state index in [1.165, 1.54) is 25.3 Å². The molecule has 0 spiro atoms. The molecule has 0 aliphatic carbocycles. The van der Waals surface area contributed by atoms with Gasteiger partial charge in [0.25, 0.3) is 0 Å². The van der Waals surface area contributed by atoms with Gasteiger partial charge in [0.15, 0.2) is 6.10 Å². The van der Waals surface area contributed by atoms with Crippen molar-refractivity contribution < 1.29 is 23.8 Å². The minimum Gasteiger partial charge on any atom is -0.468 e. The largest absolute Gasteiger partial charge is 0.468 e. The molecule has 0 amide bonds. The van der Waals surface area contributed by atoms with Crippen molar-refractivity contribution >= 4 is 11.9 Å². The topological polar surface area (TPSA) is 65.1 Å². The van der Waals surface area contributed by atoms with Crippen LogP contribution in [0, 0.1) is 20.8 Å². The second-order valence-electron chi connectivity index (χ2n) is 10.0. The third kappa shape index (κ3) is 5.50. The monoisotopic (exact) mass is 467 g/mol. The van der Waals surface area contributed by atoms with Crippen LogP contribution in [0.3, 0.4) is 0 Å². The van der Waals surface area contributed by atoms with Gasteiger partial charge >= 0.3 is 11.9 Å². The Kier molecular flexibility index (Phi) is 7.84. The predicted octanol–water partition coefficient (Wildman–Crippen LogP) is 4.84. The number of methoxy groups -OCH3 is 2. The molecule has 1 unspecified atom stereocenters. The van der Waals surface area contributed by atoms with Crippen molar-refractivity contribution in [2.45, 2.75) is 66.2 Å². The van der Waals surface area contributed by atoms with E-state index in [9.17, 15) is 9.59 Å². The van der Waals surface area contributed by atoms with Gasteiger partial charge in [0.1, 0.15) is 0 Å². The van der Waals surface area contributed by atoms with Crippen molar-refractivity contribution in [2.24, 2.45) is 0 Å². The van der Waals surface area contributed by atoms with Crippen molar-refractivity contribution in [3.05, 3.63) is 57.6 Å². The number of fused-ring (bicyclic) bond motifs is 1. The van der Waals surface area contributed by atoms with E-state index in [2.05, 4.69) is 49.9 Å².